The van der Waals surface area contributed by atoms with Crippen LogP contribution in [0, 0.1) is 0 Å². The van der Waals surface area contributed by atoms with Gasteiger partial charge in [-0.25, -0.2) is 4.42 Å². The zero-order chi connectivity index (χ0) is 13.9. The van der Waals surface area contributed by atoms with E-state index in [1.807, 2.05) is 42.5 Å². The molecule has 0 aliphatic rings. The molecule has 2 N–H and O–H groups in total. The van der Waals surface area contributed by atoms with Gasteiger partial charge in [0.15, 0.2) is 0 Å². The minimum absolute atomic E-state index is 0.181. The predicted molar refractivity (Wildman–Crippen MR) is 79.3 cm³/mol. The van der Waals surface area contributed by atoms with Gasteiger partial charge in [0, 0.05) is 12.1 Å². The summed E-state index contributed by atoms with van der Waals surface area (Å²) in [6.07, 6.45) is 3.74. The zero-order valence-corrected chi connectivity index (χ0v) is 10.7. The molecule has 2 aromatic carbocycles. The van der Waals surface area contributed by atoms with Crippen LogP contribution in [0.5, 0.6) is 11.5 Å². The first-order chi connectivity index (χ1) is 9.70. The van der Waals surface area contributed by atoms with Gasteiger partial charge in [-0.1, -0.05) is 12.1 Å². The molecule has 0 radical (unpaired) electrons. The van der Waals surface area contributed by atoms with Gasteiger partial charge in [-0.2, -0.15) is 0 Å². The van der Waals surface area contributed by atoms with Crippen molar-refractivity contribution >= 4 is 23.1 Å². The second kappa shape index (κ2) is 5.05. The molecule has 98 valence electrons. The molecular formula is C17H13O3+. The van der Waals surface area contributed by atoms with E-state index in [0.29, 0.717) is 11.3 Å². The van der Waals surface area contributed by atoms with E-state index < -0.39 is 0 Å². The van der Waals surface area contributed by atoms with Gasteiger partial charge in [0.25, 0.3) is 0 Å². The largest absolute Gasteiger partial charge is 0.508 e. The van der Waals surface area contributed by atoms with E-state index >= 15 is 0 Å². The first-order valence-corrected chi connectivity index (χ1v) is 6.24. The summed E-state index contributed by atoms with van der Waals surface area (Å²) in [6, 6.07) is 15.7. The van der Waals surface area contributed by atoms with Crippen molar-refractivity contribution in [1.29, 1.82) is 0 Å². The molecule has 0 saturated carbocycles. The fourth-order valence-electron chi connectivity index (χ4n) is 1.94. The molecule has 3 aromatic rings. The van der Waals surface area contributed by atoms with Gasteiger partial charge in [-0.15, -0.1) is 0 Å². The molecule has 1 aromatic heterocycles. The fourth-order valence-corrected chi connectivity index (χ4v) is 1.94. The molecule has 3 heteroatoms. The van der Waals surface area contributed by atoms with Crippen LogP contribution in [0.2, 0.25) is 0 Å². The third-order valence-electron chi connectivity index (χ3n) is 2.99. The van der Waals surface area contributed by atoms with E-state index in [4.69, 9.17) is 4.42 Å². The Morgan fingerprint density at radius 2 is 1.45 bits per heavy atom. The molecule has 3 nitrogen and oxygen atoms in total. The monoisotopic (exact) mass is 265 g/mol. The summed E-state index contributed by atoms with van der Waals surface area (Å²) in [7, 11) is 0. The molecule has 1 heterocycles. The third-order valence-corrected chi connectivity index (χ3v) is 2.99. The van der Waals surface area contributed by atoms with Crippen LogP contribution < -0.4 is 0 Å². The van der Waals surface area contributed by atoms with E-state index in [2.05, 4.69) is 0 Å². The Hall–Kier alpha value is -2.81. The standard InChI is InChI=1S/C17H12O3/c18-14-6-1-12(2-7-14)3-9-16-10-5-13-4-8-15(19)11-17(13)20-16/h1-11H,(H-,18,19)/p+1. The van der Waals surface area contributed by atoms with Gasteiger partial charge >= 0.3 is 11.3 Å². The van der Waals surface area contributed by atoms with Crippen LogP contribution in [-0.2, 0) is 0 Å². The van der Waals surface area contributed by atoms with E-state index in [-0.39, 0.29) is 11.5 Å². The Bertz CT molecular complexity index is 774. The molecule has 3 rings (SSSR count). The Kier molecular flexibility index (Phi) is 3.09. The van der Waals surface area contributed by atoms with E-state index in [9.17, 15) is 10.2 Å². The highest BCUT2D eigenvalue weighted by molar-refractivity contribution is 5.79. The van der Waals surface area contributed by atoms with Crippen LogP contribution in [0.3, 0.4) is 0 Å². The molecule has 0 bridgehead atoms. The summed E-state index contributed by atoms with van der Waals surface area (Å²) in [5, 5.41) is 19.6. The molecule has 0 aliphatic carbocycles. The molecule has 0 spiro atoms. The second-order valence-corrected chi connectivity index (χ2v) is 4.48. The van der Waals surface area contributed by atoms with Crippen molar-refractivity contribution in [3.8, 4) is 11.5 Å². The molecule has 20 heavy (non-hydrogen) atoms. The maximum atomic E-state index is 9.45. The van der Waals surface area contributed by atoms with Crippen molar-refractivity contribution in [2.24, 2.45) is 0 Å². The quantitative estimate of drug-likeness (QED) is 0.679. The molecule has 0 atom stereocenters. The highest BCUT2D eigenvalue weighted by Gasteiger charge is 2.09. The topological polar surface area (TPSA) is 51.8 Å². The summed E-state index contributed by atoms with van der Waals surface area (Å²) in [5.74, 6) is 1.12. The van der Waals surface area contributed by atoms with Gasteiger partial charge in [-0.3, -0.25) is 0 Å². The number of benzene rings is 2. The van der Waals surface area contributed by atoms with Gasteiger partial charge < -0.3 is 10.2 Å². The zero-order valence-electron chi connectivity index (χ0n) is 10.7. The van der Waals surface area contributed by atoms with Crippen molar-refractivity contribution in [3.63, 3.8) is 0 Å². The van der Waals surface area contributed by atoms with Gasteiger partial charge in [0.2, 0.25) is 0 Å². The Balaban J connectivity index is 1.92. The van der Waals surface area contributed by atoms with E-state index in [0.717, 1.165) is 10.9 Å². The third kappa shape index (κ3) is 2.62. The van der Waals surface area contributed by atoms with Crippen LogP contribution >= 0.6 is 0 Å². The number of fused-ring (bicyclic) bond motifs is 1. The van der Waals surface area contributed by atoms with Crippen LogP contribution in [0.4, 0.5) is 0 Å². The van der Waals surface area contributed by atoms with Crippen LogP contribution in [0.15, 0.2) is 59.0 Å². The SMILES string of the molecule is Oc1ccc(C=Cc2ccc3ccc(O)cc3[o+]2)cc1. The minimum Gasteiger partial charge on any atom is -0.508 e. The number of hydrogen-bond donors (Lipinski definition) is 2. The Labute approximate surface area is 116 Å². The van der Waals surface area contributed by atoms with Crippen LogP contribution in [0.25, 0.3) is 23.1 Å². The van der Waals surface area contributed by atoms with Crippen molar-refractivity contribution in [1.82, 2.24) is 0 Å². The van der Waals surface area contributed by atoms with E-state index in [1.165, 1.54) is 0 Å². The lowest BCUT2D eigenvalue weighted by Crippen LogP contribution is -1.76. The first-order valence-electron chi connectivity index (χ1n) is 6.24. The maximum Gasteiger partial charge on any atom is 0.364 e. The number of rotatable bonds is 2. The average Bonchev–Trinajstić information content (AvgIpc) is 2.46. The summed E-state index contributed by atoms with van der Waals surface area (Å²) in [5.41, 5.74) is 1.60. The second-order valence-electron chi connectivity index (χ2n) is 4.48. The van der Waals surface area contributed by atoms with Crippen molar-refractivity contribution < 1.29 is 14.6 Å². The molecule has 0 unspecified atom stereocenters. The summed E-state index contributed by atoms with van der Waals surface area (Å²) < 4.78 is 5.69. The number of phenolic OH excluding ortho intramolecular Hbond substituents is 2. The average molecular weight is 265 g/mol. The molecule has 0 amide bonds. The lowest BCUT2D eigenvalue weighted by Gasteiger charge is -1.93. The first kappa shape index (κ1) is 12.2. The number of aromatic hydroxyl groups is 2. The number of hydrogen-bond acceptors (Lipinski definition) is 2. The van der Waals surface area contributed by atoms with Crippen LogP contribution in [0.1, 0.15) is 11.3 Å². The molecule has 0 aliphatic heterocycles. The Morgan fingerprint density at radius 1 is 0.750 bits per heavy atom. The smallest absolute Gasteiger partial charge is 0.364 e. The number of phenols is 2. The van der Waals surface area contributed by atoms with Crippen molar-refractivity contribution in [2.45, 2.75) is 0 Å². The fraction of sp³-hybridized carbons (Fsp3) is 0. The van der Waals surface area contributed by atoms with Crippen LogP contribution in [-0.4, -0.2) is 10.2 Å². The Morgan fingerprint density at radius 3 is 2.25 bits per heavy atom. The van der Waals surface area contributed by atoms with Gasteiger partial charge in [0.05, 0.1) is 11.5 Å². The normalized spacial score (nSPS) is 11.2. The molecule has 0 fully saturated rings. The van der Waals surface area contributed by atoms with E-state index in [1.54, 1.807) is 24.3 Å². The predicted octanol–water partition coefficient (Wildman–Crippen LogP) is 4.30. The summed E-state index contributed by atoms with van der Waals surface area (Å²) in [4.78, 5) is 0. The van der Waals surface area contributed by atoms with Crippen molar-refractivity contribution in [3.05, 3.63) is 65.9 Å². The van der Waals surface area contributed by atoms with Crippen molar-refractivity contribution in [2.75, 3.05) is 0 Å². The maximum absolute atomic E-state index is 9.45. The lowest BCUT2D eigenvalue weighted by atomic mass is 10.2. The van der Waals surface area contributed by atoms with Gasteiger partial charge in [0.1, 0.15) is 11.5 Å². The van der Waals surface area contributed by atoms with Gasteiger partial charge in [-0.05, 0) is 42.0 Å². The molecule has 0 saturated heterocycles. The lowest BCUT2D eigenvalue weighted by molar-refractivity contribution is 0.473. The summed E-state index contributed by atoms with van der Waals surface area (Å²) in [6.45, 7) is 0. The highest BCUT2D eigenvalue weighted by atomic mass is 16.3. The highest BCUT2D eigenvalue weighted by Crippen LogP contribution is 2.22. The summed E-state index contributed by atoms with van der Waals surface area (Å²) >= 11 is 0. The minimum atomic E-state index is 0.181. The molecular weight excluding hydrogens is 252 g/mol.